The molecule has 0 saturated carbocycles. The van der Waals surface area contributed by atoms with Gasteiger partial charge in [0.2, 0.25) is 19.7 Å². The van der Waals surface area contributed by atoms with Gasteiger partial charge in [0.15, 0.2) is 0 Å². The standard InChI is InChI=1S/C37H32O10S2/c38-28-10-18-32(19-11-28)48(41,42)34-22-14-30(15-23-34)46-36(39)8-4-5-9-37(40)47-31-16-24-35(25-17-31)49(43,44)33-20-12-29(13-21-33)45-26-27-6-2-1-3-7-27/h1-3,6-7,10-25,38H,4-5,8-9,26H2. The highest BCUT2D eigenvalue weighted by atomic mass is 32.2. The molecule has 0 atom stereocenters. The molecule has 0 fully saturated rings. The van der Waals surface area contributed by atoms with Crippen LogP contribution in [0.1, 0.15) is 31.2 Å². The second kappa shape index (κ2) is 15.6. The first-order valence-corrected chi connectivity index (χ1v) is 18.1. The molecule has 0 bridgehead atoms. The van der Waals surface area contributed by atoms with E-state index in [1.54, 1.807) is 12.1 Å². The summed E-state index contributed by atoms with van der Waals surface area (Å²) in [7, 11) is -7.62. The average Bonchev–Trinajstić information content (AvgIpc) is 3.10. The summed E-state index contributed by atoms with van der Waals surface area (Å²) in [4.78, 5) is 24.7. The molecule has 0 aliphatic rings. The van der Waals surface area contributed by atoms with Crippen LogP contribution in [-0.2, 0) is 35.9 Å². The summed E-state index contributed by atoms with van der Waals surface area (Å²) in [5.41, 5.74) is 0.992. The summed E-state index contributed by atoms with van der Waals surface area (Å²) in [6.07, 6.45) is 0.729. The van der Waals surface area contributed by atoms with Gasteiger partial charge in [0.1, 0.15) is 29.6 Å². The van der Waals surface area contributed by atoms with Crippen LogP contribution in [0.15, 0.2) is 147 Å². The fourth-order valence-corrected chi connectivity index (χ4v) is 7.15. The number of hydrogen-bond donors (Lipinski definition) is 1. The molecule has 0 heterocycles. The van der Waals surface area contributed by atoms with Crippen LogP contribution in [0.5, 0.6) is 23.0 Å². The fourth-order valence-electron chi connectivity index (χ4n) is 4.63. The summed E-state index contributed by atoms with van der Waals surface area (Å²) in [6, 6.07) is 31.8. The molecule has 5 aromatic carbocycles. The van der Waals surface area contributed by atoms with Crippen molar-refractivity contribution in [2.24, 2.45) is 0 Å². The lowest BCUT2D eigenvalue weighted by Gasteiger charge is -2.09. The molecule has 0 unspecified atom stereocenters. The second-order valence-corrected chi connectivity index (χ2v) is 14.7. The molecular weight excluding hydrogens is 669 g/mol. The van der Waals surface area contributed by atoms with Crippen LogP contribution >= 0.6 is 0 Å². The molecular formula is C37H32O10S2. The number of phenols is 1. The van der Waals surface area contributed by atoms with E-state index in [0.717, 1.165) is 5.56 Å². The van der Waals surface area contributed by atoms with Gasteiger partial charge < -0.3 is 19.3 Å². The van der Waals surface area contributed by atoms with Gasteiger partial charge in [0.05, 0.1) is 19.6 Å². The molecule has 49 heavy (non-hydrogen) atoms. The van der Waals surface area contributed by atoms with Crippen molar-refractivity contribution in [1.29, 1.82) is 0 Å². The lowest BCUT2D eigenvalue weighted by molar-refractivity contribution is -0.136. The smallest absolute Gasteiger partial charge is 0.311 e. The molecule has 0 spiro atoms. The van der Waals surface area contributed by atoms with E-state index >= 15 is 0 Å². The molecule has 10 nitrogen and oxygen atoms in total. The molecule has 0 saturated heterocycles. The summed E-state index contributed by atoms with van der Waals surface area (Å²) in [5, 5.41) is 9.39. The molecule has 12 heteroatoms. The molecule has 5 aromatic rings. The number of carbonyl (C=O) groups excluding carboxylic acids is 2. The van der Waals surface area contributed by atoms with Crippen LogP contribution in [0, 0.1) is 0 Å². The van der Waals surface area contributed by atoms with E-state index in [4.69, 9.17) is 14.2 Å². The van der Waals surface area contributed by atoms with Gasteiger partial charge in [-0.1, -0.05) is 30.3 Å². The van der Waals surface area contributed by atoms with Crippen molar-refractivity contribution in [3.8, 4) is 23.0 Å². The third-order valence-electron chi connectivity index (χ3n) is 7.27. The minimum atomic E-state index is -3.81. The minimum Gasteiger partial charge on any atom is -0.508 e. The van der Waals surface area contributed by atoms with E-state index in [0.29, 0.717) is 25.2 Å². The molecule has 0 aromatic heterocycles. The van der Waals surface area contributed by atoms with Crippen LogP contribution in [-0.4, -0.2) is 33.9 Å². The number of hydrogen-bond acceptors (Lipinski definition) is 10. The lowest BCUT2D eigenvalue weighted by Crippen LogP contribution is -2.10. The maximum atomic E-state index is 13.1. The van der Waals surface area contributed by atoms with Gasteiger partial charge in [-0.05, 0) is 115 Å². The molecule has 0 aliphatic carbocycles. The van der Waals surface area contributed by atoms with Crippen LogP contribution in [0.25, 0.3) is 0 Å². The van der Waals surface area contributed by atoms with Crippen LogP contribution in [0.3, 0.4) is 0 Å². The number of phenolic OH excluding ortho intramolecular Hbond substituents is 1. The number of unbranched alkanes of at least 4 members (excludes halogenated alkanes) is 1. The number of rotatable bonds is 14. The van der Waals surface area contributed by atoms with Gasteiger partial charge in [0, 0.05) is 12.8 Å². The van der Waals surface area contributed by atoms with Gasteiger partial charge in [0.25, 0.3) is 0 Å². The largest absolute Gasteiger partial charge is 0.508 e. The second-order valence-electron chi connectivity index (χ2n) is 10.8. The molecule has 1 N–H and O–H groups in total. The Labute approximate surface area is 284 Å². The van der Waals surface area contributed by atoms with Crippen molar-refractivity contribution in [2.45, 2.75) is 51.9 Å². The van der Waals surface area contributed by atoms with E-state index in [2.05, 4.69) is 0 Å². The van der Waals surface area contributed by atoms with Crippen molar-refractivity contribution < 1.29 is 45.7 Å². The Morgan fingerprint density at radius 2 is 0.857 bits per heavy atom. The average molecular weight is 701 g/mol. The lowest BCUT2D eigenvalue weighted by atomic mass is 10.2. The molecule has 0 amide bonds. The van der Waals surface area contributed by atoms with Crippen molar-refractivity contribution >= 4 is 31.6 Å². The van der Waals surface area contributed by atoms with Crippen LogP contribution in [0.4, 0.5) is 0 Å². The molecule has 0 aliphatic heterocycles. The number of ether oxygens (including phenoxy) is 3. The first kappa shape index (κ1) is 34.9. The molecule has 0 radical (unpaired) electrons. The van der Waals surface area contributed by atoms with E-state index in [-0.39, 0.29) is 49.7 Å². The first-order chi connectivity index (χ1) is 23.5. The van der Waals surface area contributed by atoms with Crippen molar-refractivity contribution in [1.82, 2.24) is 0 Å². The van der Waals surface area contributed by atoms with Gasteiger partial charge in [-0.15, -0.1) is 0 Å². The monoisotopic (exact) mass is 700 g/mol. The minimum absolute atomic E-state index is 0.00307. The first-order valence-electron chi connectivity index (χ1n) is 15.2. The number of benzene rings is 5. The number of sulfone groups is 2. The van der Waals surface area contributed by atoms with Gasteiger partial charge >= 0.3 is 11.9 Å². The zero-order valence-electron chi connectivity index (χ0n) is 26.1. The highest BCUT2D eigenvalue weighted by molar-refractivity contribution is 7.91. The summed E-state index contributed by atoms with van der Waals surface area (Å²) >= 11 is 0. The van der Waals surface area contributed by atoms with E-state index in [1.807, 2.05) is 30.3 Å². The van der Waals surface area contributed by atoms with Crippen LogP contribution < -0.4 is 14.2 Å². The van der Waals surface area contributed by atoms with Crippen LogP contribution in [0.2, 0.25) is 0 Å². The number of carbonyl (C=O) groups is 2. The topological polar surface area (TPSA) is 150 Å². The predicted molar refractivity (Wildman–Crippen MR) is 179 cm³/mol. The molecule has 5 rings (SSSR count). The Bertz CT molecular complexity index is 2090. The number of esters is 2. The highest BCUT2D eigenvalue weighted by Gasteiger charge is 2.19. The number of aromatic hydroxyl groups is 1. The Kier molecular flexibility index (Phi) is 11.1. The quantitative estimate of drug-likeness (QED) is 0.0752. The third kappa shape index (κ3) is 9.34. The fraction of sp³-hybridized carbons (Fsp3) is 0.135. The Morgan fingerprint density at radius 1 is 0.490 bits per heavy atom. The van der Waals surface area contributed by atoms with E-state index in [1.165, 1.54) is 84.9 Å². The Morgan fingerprint density at radius 3 is 1.27 bits per heavy atom. The summed E-state index contributed by atoms with van der Waals surface area (Å²) < 4.78 is 68.0. The van der Waals surface area contributed by atoms with E-state index < -0.39 is 31.6 Å². The normalized spacial score (nSPS) is 11.4. The third-order valence-corrected chi connectivity index (χ3v) is 10.8. The van der Waals surface area contributed by atoms with Crippen molar-refractivity contribution in [2.75, 3.05) is 0 Å². The summed E-state index contributed by atoms with van der Waals surface area (Å²) in [6.45, 7) is 0.358. The van der Waals surface area contributed by atoms with Gasteiger partial charge in [-0.25, -0.2) is 16.8 Å². The van der Waals surface area contributed by atoms with Crippen molar-refractivity contribution in [3.63, 3.8) is 0 Å². The zero-order chi connectivity index (χ0) is 34.9. The Balaban J connectivity index is 1.03. The van der Waals surface area contributed by atoms with Gasteiger partial charge in [-0.3, -0.25) is 9.59 Å². The zero-order valence-corrected chi connectivity index (χ0v) is 27.7. The van der Waals surface area contributed by atoms with Gasteiger partial charge in [-0.2, -0.15) is 0 Å². The SMILES string of the molecule is O=C(CCCCC(=O)Oc1ccc(S(=O)(=O)c2ccc(OCc3ccccc3)cc2)cc1)Oc1ccc(S(=O)(=O)c2ccc(O)cc2)cc1. The molecule has 252 valence electrons. The Hall–Kier alpha value is -5.46. The maximum Gasteiger partial charge on any atom is 0.311 e. The maximum absolute atomic E-state index is 13.1. The van der Waals surface area contributed by atoms with E-state index in [9.17, 15) is 31.5 Å². The predicted octanol–water partition coefficient (Wildman–Crippen LogP) is 6.71. The van der Waals surface area contributed by atoms with Crippen molar-refractivity contribution in [3.05, 3.63) is 133 Å². The summed E-state index contributed by atoms with van der Waals surface area (Å²) in [5.74, 6) is -0.249. The highest BCUT2D eigenvalue weighted by Crippen LogP contribution is 2.27.